The van der Waals surface area contributed by atoms with E-state index in [9.17, 15) is 4.79 Å². The summed E-state index contributed by atoms with van der Waals surface area (Å²) in [7, 11) is 0. The zero-order valence-electron chi connectivity index (χ0n) is 12.9. The Labute approximate surface area is 138 Å². The predicted molar refractivity (Wildman–Crippen MR) is 92.4 cm³/mol. The molecule has 5 nitrogen and oxygen atoms in total. The van der Waals surface area contributed by atoms with Crippen LogP contribution >= 0.6 is 23.1 Å². The van der Waals surface area contributed by atoms with E-state index in [4.69, 9.17) is 0 Å². The van der Waals surface area contributed by atoms with Gasteiger partial charge in [0.15, 0.2) is 4.34 Å². The minimum atomic E-state index is -0.201. The molecule has 1 aromatic heterocycles. The molecule has 1 heterocycles. The number of benzene rings is 1. The van der Waals surface area contributed by atoms with Crippen molar-refractivity contribution in [2.24, 2.45) is 0 Å². The number of hydrogen-bond acceptors (Lipinski definition) is 6. The van der Waals surface area contributed by atoms with Crippen LogP contribution < -0.4 is 10.6 Å². The Bertz CT molecular complexity index is 612. The molecule has 0 bridgehead atoms. The molecule has 0 spiro atoms. The van der Waals surface area contributed by atoms with Gasteiger partial charge in [0.2, 0.25) is 11.0 Å². The number of carbonyl (C=O) groups excluding carboxylic acids is 1. The van der Waals surface area contributed by atoms with E-state index in [2.05, 4.69) is 20.8 Å². The number of rotatable bonds is 7. The zero-order chi connectivity index (χ0) is 15.9. The van der Waals surface area contributed by atoms with E-state index < -0.39 is 0 Å². The van der Waals surface area contributed by atoms with Crippen LogP contribution in [0.4, 0.5) is 5.13 Å². The monoisotopic (exact) mass is 336 g/mol. The first-order valence-corrected chi connectivity index (χ1v) is 8.85. The van der Waals surface area contributed by atoms with Gasteiger partial charge in [-0.15, -0.1) is 10.2 Å². The van der Waals surface area contributed by atoms with Crippen LogP contribution in [0.25, 0.3) is 0 Å². The second kappa shape index (κ2) is 8.14. The van der Waals surface area contributed by atoms with Gasteiger partial charge >= 0.3 is 0 Å². The summed E-state index contributed by atoms with van der Waals surface area (Å²) in [6.07, 6.45) is 0. The molecule has 0 unspecified atom stereocenters. The molecule has 1 amide bonds. The lowest BCUT2D eigenvalue weighted by molar-refractivity contribution is -0.120. The molecule has 2 aromatic rings. The molecule has 2 N–H and O–H groups in total. The molecule has 7 heteroatoms. The maximum absolute atomic E-state index is 12.1. The highest BCUT2D eigenvalue weighted by atomic mass is 32.2. The maximum atomic E-state index is 12.1. The zero-order valence-corrected chi connectivity index (χ0v) is 14.6. The third-order valence-corrected chi connectivity index (χ3v) is 5.03. The van der Waals surface area contributed by atoms with Crippen molar-refractivity contribution in [1.29, 1.82) is 0 Å². The number of aryl methyl sites for hydroxylation is 1. The van der Waals surface area contributed by atoms with Gasteiger partial charge in [0.1, 0.15) is 0 Å². The van der Waals surface area contributed by atoms with E-state index >= 15 is 0 Å². The van der Waals surface area contributed by atoms with E-state index in [-0.39, 0.29) is 11.2 Å². The van der Waals surface area contributed by atoms with Crippen LogP contribution in [0, 0.1) is 6.92 Å². The van der Waals surface area contributed by atoms with Crippen molar-refractivity contribution in [3.63, 3.8) is 0 Å². The van der Waals surface area contributed by atoms with E-state index in [0.717, 1.165) is 21.6 Å². The van der Waals surface area contributed by atoms with Gasteiger partial charge in [-0.3, -0.25) is 4.79 Å². The summed E-state index contributed by atoms with van der Waals surface area (Å²) in [5, 5.41) is 14.8. The van der Waals surface area contributed by atoms with Crippen LogP contribution in [-0.2, 0) is 11.3 Å². The summed E-state index contributed by atoms with van der Waals surface area (Å²) in [6.45, 7) is 7.29. The summed E-state index contributed by atoms with van der Waals surface area (Å²) in [5.74, 6) is 0.00535. The van der Waals surface area contributed by atoms with Crippen LogP contribution in [0.2, 0.25) is 0 Å². The molecule has 0 aliphatic rings. The highest BCUT2D eigenvalue weighted by Gasteiger charge is 2.16. The minimum absolute atomic E-state index is 0.00535. The number of amides is 1. The third-order valence-electron chi connectivity index (χ3n) is 2.97. The van der Waals surface area contributed by atoms with Crippen molar-refractivity contribution in [3.05, 3.63) is 35.4 Å². The smallest absolute Gasteiger partial charge is 0.233 e. The molecule has 0 aliphatic carbocycles. The standard InChI is InChI=1S/C15H20N4OS2/c1-4-16-14-18-19-15(22-14)21-11(3)13(20)17-9-12-7-5-10(2)6-8-12/h5-8,11H,4,9H2,1-3H3,(H,16,18)(H,17,20)/t11-/m0/s1. The molecule has 0 saturated carbocycles. The molecule has 2 rings (SSSR count). The maximum Gasteiger partial charge on any atom is 0.233 e. The van der Waals surface area contributed by atoms with Gasteiger partial charge in [0, 0.05) is 13.1 Å². The summed E-state index contributed by atoms with van der Waals surface area (Å²) < 4.78 is 0.800. The fourth-order valence-corrected chi connectivity index (χ4v) is 3.71. The summed E-state index contributed by atoms with van der Waals surface area (Å²) >= 11 is 2.90. The van der Waals surface area contributed by atoms with Crippen LogP contribution in [0.15, 0.2) is 28.6 Å². The summed E-state index contributed by atoms with van der Waals surface area (Å²) in [6, 6.07) is 8.15. The Balaban J connectivity index is 1.82. The van der Waals surface area contributed by atoms with Gasteiger partial charge in [-0.25, -0.2) is 0 Å². The van der Waals surface area contributed by atoms with E-state index in [1.165, 1.54) is 28.7 Å². The van der Waals surface area contributed by atoms with Gasteiger partial charge in [-0.05, 0) is 26.3 Å². The topological polar surface area (TPSA) is 66.9 Å². The lowest BCUT2D eigenvalue weighted by Crippen LogP contribution is -2.30. The Kier molecular flexibility index (Phi) is 6.21. The number of carbonyl (C=O) groups is 1. The number of nitrogens with one attached hydrogen (secondary N) is 2. The molecule has 0 radical (unpaired) electrons. The fraction of sp³-hybridized carbons (Fsp3) is 0.400. The predicted octanol–water partition coefficient (Wildman–Crippen LogP) is 3.08. The van der Waals surface area contributed by atoms with Gasteiger partial charge in [-0.1, -0.05) is 52.9 Å². The first-order chi connectivity index (χ1) is 10.6. The molecular weight excluding hydrogens is 316 g/mol. The Morgan fingerprint density at radius 3 is 2.73 bits per heavy atom. The summed E-state index contributed by atoms with van der Waals surface area (Å²) in [4.78, 5) is 12.1. The average Bonchev–Trinajstić information content (AvgIpc) is 2.94. The van der Waals surface area contributed by atoms with Gasteiger partial charge < -0.3 is 10.6 Å². The van der Waals surface area contributed by atoms with Crippen LogP contribution in [0.3, 0.4) is 0 Å². The molecule has 0 fully saturated rings. The number of anilines is 1. The Morgan fingerprint density at radius 2 is 2.05 bits per heavy atom. The van der Waals surface area contributed by atoms with E-state index in [0.29, 0.717) is 6.54 Å². The SMILES string of the molecule is CCNc1nnc(S[C@@H](C)C(=O)NCc2ccc(C)cc2)s1. The van der Waals surface area contributed by atoms with Crippen LogP contribution in [-0.4, -0.2) is 27.9 Å². The van der Waals surface area contributed by atoms with Gasteiger partial charge in [-0.2, -0.15) is 0 Å². The van der Waals surface area contributed by atoms with E-state index in [1.807, 2.05) is 45.0 Å². The number of nitrogens with zero attached hydrogens (tertiary/aromatic N) is 2. The highest BCUT2D eigenvalue weighted by molar-refractivity contribution is 8.02. The second-order valence-electron chi connectivity index (χ2n) is 4.87. The lowest BCUT2D eigenvalue weighted by atomic mass is 10.1. The molecule has 1 aromatic carbocycles. The molecule has 1 atom stereocenters. The van der Waals surface area contributed by atoms with Crippen molar-refractivity contribution in [2.75, 3.05) is 11.9 Å². The third kappa shape index (κ3) is 4.99. The molecule has 0 aliphatic heterocycles. The first-order valence-electron chi connectivity index (χ1n) is 7.15. The van der Waals surface area contributed by atoms with Gasteiger partial charge in [0.05, 0.1) is 5.25 Å². The van der Waals surface area contributed by atoms with Crippen molar-refractivity contribution < 1.29 is 4.79 Å². The molecular formula is C15H20N4OS2. The fourth-order valence-electron chi connectivity index (χ4n) is 1.72. The number of aromatic nitrogens is 2. The lowest BCUT2D eigenvalue weighted by Gasteiger charge is -2.10. The largest absolute Gasteiger partial charge is 0.360 e. The Hall–Kier alpha value is -1.60. The second-order valence-corrected chi connectivity index (χ2v) is 7.43. The molecule has 22 heavy (non-hydrogen) atoms. The quantitative estimate of drug-likeness (QED) is 0.761. The average molecular weight is 336 g/mol. The van der Waals surface area contributed by atoms with Crippen LogP contribution in [0.5, 0.6) is 0 Å². The van der Waals surface area contributed by atoms with Crippen molar-refractivity contribution >= 4 is 34.1 Å². The van der Waals surface area contributed by atoms with Crippen molar-refractivity contribution in [1.82, 2.24) is 15.5 Å². The van der Waals surface area contributed by atoms with Crippen molar-refractivity contribution in [2.45, 2.75) is 36.9 Å². The number of thioether (sulfide) groups is 1. The van der Waals surface area contributed by atoms with Crippen molar-refractivity contribution in [3.8, 4) is 0 Å². The highest BCUT2D eigenvalue weighted by Crippen LogP contribution is 2.28. The molecule has 0 saturated heterocycles. The molecule has 118 valence electrons. The Morgan fingerprint density at radius 1 is 1.32 bits per heavy atom. The minimum Gasteiger partial charge on any atom is -0.360 e. The first kappa shape index (κ1) is 16.8. The normalized spacial score (nSPS) is 12.0. The summed E-state index contributed by atoms with van der Waals surface area (Å²) in [5.41, 5.74) is 2.31. The number of hydrogen-bond donors (Lipinski definition) is 2. The van der Waals surface area contributed by atoms with Crippen LogP contribution in [0.1, 0.15) is 25.0 Å². The van der Waals surface area contributed by atoms with E-state index in [1.54, 1.807) is 0 Å². The van der Waals surface area contributed by atoms with Gasteiger partial charge in [0.25, 0.3) is 0 Å².